The average molecular weight is 591 g/mol. The van der Waals surface area contributed by atoms with Gasteiger partial charge in [-0.1, -0.05) is 41.4 Å². The summed E-state index contributed by atoms with van der Waals surface area (Å²) in [5.74, 6) is -0.313. The number of amides is 1. The van der Waals surface area contributed by atoms with Gasteiger partial charge in [0.2, 0.25) is 0 Å². The van der Waals surface area contributed by atoms with Crippen LogP contribution < -0.4 is 10.4 Å². The van der Waals surface area contributed by atoms with Gasteiger partial charge in [-0.15, -0.1) is 0 Å². The van der Waals surface area contributed by atoms with Crippen LogP contribution in [-0.2, 0) is 30.3 Å². The maximum absolute atomic E-state index is 12.3. The molecule has 0 spiro atoms. The van der Waals surface area contributed by atoms with Crippen LogP contribution in [0.1, 0.15) is 62.3 Å². The van der Waals surface area contributed by atoms with Crippen LogP contribution in [0.3, 0.4) is 0 Å². The number of benzene rings is 2. The van der Waals surface area contributed by atoms with Gasteiger partial charge in [-0.25, -0.2) is 15.2 Å². The van der Waals surface area contributed by atoms with Crippen molar-refractivity contribution in [2.24, 2.45) is 0 Å². The summed E-state index contributed by atoms with van der Waals surface area (Å²) in [4.78, 5) is 22.1. The Morgan fingerprint density at radius 1 is 1.07 bits per heavy atom. The zero-order valence-electron chi connectivity index (χ0n) is 23.0. The van der Waals surface area contributed by atoms with Gasteiger partial charge in [0.15, 0.2) is 12.6 Å². The summed E-state index contributed by atoms with van der Waals surface area (Å²) >= 11 is 12.7. The number of hydrogen-bond acceptors (Lipinski definition) is 7. The highest BCUT2D eigenvalue weighted by Gasteiger charge is 2.45. The van der Waals surface area contributed by atoms with E-state index in [0.717, 1.165) is 43.4 Å². The standard InChI is InChI=1S/C30H37Cl2N3O5/c1-3-37-28-19-34(30(38-4-2)35(28)24-17-22(31)16-23(32)18-24)26-12-10-21-15-20(8-11-25(21)26)9-13-27(36)33-40-29-7-5-6-14-39-29/h8-9,11,13,15-18,26,28-30H,3-7,10,12,14,19H2,1-2H3,(H,33,36)/b13-9+. The molecule has 2 aromatic carbocycles. The molecule has 40 heavy (non-hydrogen) atoms. The highest BCUT2D eigenvalue weighted by Crippen LogP contribution is 2.43. The number of ether oxygens (including phenoxy) is 3. The van der Waals surface area contributed by atoms with Gasteiger partial charge in [-0.2, -0.15) is 0 Å². The van der Waals surface area contributed by atoms with Crippen LogP contribution in [-0.4, -0.2) is 56.0 Å². The fourth-order valence-corrected chi connectivity index (χ4v) is 6.29. The van der Waals surface area contributed by atoms with Crippen LogP contribution in [0, 0.1) is 0 Å². The summed E-state index contributed by atoms with van der Waals surface area (Å²) in [6.45, 7) is 6.46. The van der Waals surface area contributed by atoms with Crippen LogP contribution >= 0.6 is 23.2 Å². The number of nitrogens with zero attached hydrogens (tertiary/aromatic N) is 2. The molecule has 2 saturated heterocycles. The van der Waals surface area contributed by atoms with Gasteiger partial charge >= 0.3 is 0 Å². The van der Waals surface area contributed by atoms with Gasteiger partial charge in [-0.05, 0) is 80.5 Å². The summed E-state index contributed by atoms with van der Waals surface area (Å²) in [6.07, 6.45) is 7.14. The summed E-state index contributed by atoms with van der Waals surface area (Å²) in [5.41, 5.74) is 6.84. The molecule has 2 heterocycles. The third-order valence-electron chi connectivity index (χ3n) is 7.49. The van der Waals surface area contributed by atoms with Crippen molar-refractivity contribution in [2.45, 2.75) is 70.9 Å². The van der Waals surface area contributed by atoms with E-state index in [1.165, 1.54) is 17.2 Å². The molecular formula is C30H37Cl2N3O5. The van der Waals surface area contributed by atoms with Gasteiger partial charge in [0.25, 0.3) is 5.91 Å². The number of hydroxylamine groups is 1. The van der Waals surface area contributed by atoms with E-state index in [2.05, 4.69) is 27.4 Å². The van der Waals surface area contributed by atoms with E-state index in [0.29, 0.717) is 36.4 Å². The molecule has 216 valence electrons. The maximum atomic E-state index is 12.3. The zero-order valence-corrected chi connectivity index (χ0v) is 24.5. The van der Waals surface area contributed by atoms with Gasteiger partial charge < -0.3 is 19.1 Å². The first-order valence-corrected chi connectivity index (χ1v) is 14.8. The number of rotatable bonds is 10. The van der Waals surface area contributed by atoms with Crippen LogP contribution in [0.15, 0.2) is 42.5 Å². The fraction of sp³-hybridized carbons (Fsp3) is 0.500. The summed E-state index contributed by atoms with van der Waals surface area (Å²) in [6, 6.07) is 12.1. The van der Waals surface area contributed by atoms with E-state index in [-0.39, 0.29) is 30.8 Å². The van der Waals surface area contributed by atoms with Crippen molar-refractivity contribution in [3.8, 4) is 0 Å². The van der Waals surface area contributed by atoms with E-state index < -0.39 is 0 Å². The second-order valence-electron chi connectivity index (χ2n) is 10.1. The Morgan fingerprint density at radius 2 is 1.88 bits per heavy atom. The SMILES string of the molecule is CCOC1CN(C2CCc3cc(/C=C/C(=O)NOC4CCCCO4)ccc32)C(OCC)N1c1cc(Cl)cc(Cl)c1. The lowest BCUT2D eigenvalue weighted by atomic mass is 10.0. The zero-order chi connectivity index (χ0) is 28.1. The van der Waals surface area contributed by atoms with E-state index in [9.17, 15) is 4.79 Å². The van der Waals surface area contributed by atoms with Crippen molar-refractivity contribution in [3.05, 3.63) is 69.2 Å². The number of carbonyl (C=O) groups is 1. The van der Waals surface area contributed by atoms with Gasteiger partial charge in [0.05, 0.1) is 0 Å². The van der Waals surface area contributed by atoms with Crippen LogP contribution in [0.5, 0.6) is 0 Å². The van der Waals surface area contributed by atoms with Crippen LogP contribution in [0.2, 0.25) is 10.0 Å². The largest absolute Gasteiger partial charge is 0.357 e. The minimum atomic E-state index is -0.372. The smallest absolute Gasteiger partial charge is 0.267 e. The number of hydrogen-bond donors (Lipinski definition) is 1. The minimum Gasteiger partial charge on any atom is -0.357 e. The Bertz CT molecular complexity index is 1190. The Hall–Kier alpha value is -2.17. The first-order chi connectivity index (χ1) is 19.5. The Labute approximate surface area is 246 Å². The quantitative estimate of drug-likeness (QED) is 0.266. The molecule has 0 aromatic heterocycles. The molecular weight excluding hydrogens is 553 g/mol. The molecule has 0 saturated carbocycles. The van der Waals surface area contributed by atoms with Gasteiger partial charge in [0.1, 0.15) is 6.23 Å². The molecule has 1 N–H and O–H groups in total. The number of anilines is 1. The topological polar surface area (TPSA) is 72.5 Å². The average Bonchev–Trinajstić information content (AvgIpc) is 3.52. The lowest BCUT2D eigenvalue weighted by Gasteiger charge is -2.35. The second kappa shape index (κ2) is 13.7. The Balaban J connectivity index is 1.30. The Morgan fingerprint density at radius 3 is 2.60 bits per heavy atom. The molecule has 0 bridgehead atoms. The van der Waals surface area contributed by atoms with Crippen molar-refractivity contribution in [2.75, 3.05) is 31.3 Å². The third-order valence-corrected chi connectivity index (χ3v) is 7.93. The van der Waals surface area contributed by atoms with Crippen molar-refractivity contribution < 1.29 is 23.8 Å². The maximum Gasteiger partial charge on any atom is 0.267 e. The molecule has 2 fully saturated rings. The third kappa shape index (κ3) is 6.82. The van der Waals surface area contributed by atoms with Crippen LogP contribution in [0.25, 0.3) is 6.08 Å². The molecule has 2 aliphatic heterocycles. The predicted octanol–water partition coefficient (Wildman–Crippen LogP) is 6.07. The molecule has 0 radical (unpaired) electrons. The van der Waals surface area contributed by atoms with E-state index >= 15 is 0 Å². The number of aryl methyl sites for hydroxylation is 1. The first kappa shape index (κ1) is 29.3. The van der Waals surface area contributed by atoms with Gasteiger partial charge in [0, 0.05) is 60.6 Å². The predicted molar refractivity (Wildman–Crippen MR) is 156 cm³/mol. The molecule has 5 rings (SSSR count). The lowest BCUT2D eigenvalue weighted by molar-refractivity contribution is -0.198. The number of nitrogens with one attached hydrogen (secondary N) is 1. The van der Waals surface area contributed by atoms with E-state index in [1.54, 1.807) is 6.07 Å². The van der Waals surface area contributed by atoms with E-state index in [4.69, 9.17) is 42.3 Å². The molecule has 10 heteroatoms. The summed E-state index contributed by atoms with van der Waals surface area (Å²) in [5, 5.41) is 1.14. The summed E-state index contributed by atoms with van der Waals surface area (Å²) < 4.78 is 18.0. The molecule has 3 aliphatic rings. The molecule has 8 nitrogen and oxygen atoms in total. The van der Waals surface area contributed by atoms with Crippen molar-refractivity contribution >= 4 is 40.9 Å². The molecule has 4 atom stereocenters. The molecule has 1 amide bonds. The van der Waals surface area contributed by atoms with Crippen LogP contribution in [0.4, 0.5) is 5.69 Å². The van der Waals surface area contributed by atoms with Crippen molar-refractivity contribution in [1.29, 1.82) is 0 Å². The Kier molecular flexibility index (Phi) is 10.0. The number of halogens is 2. The molecule has 1 aliphatic carbocycles. The summed E-state index contributed by atoms with van der Waals surface area (Å²) in [7, 11) is 0. The normalized spacial score (nSPS) is 25.1. The minimum absolute atomic E-state index is 0.166. The molecule has 2 aromatic rings. The van der Waals surface area contributed by atoms with Crippen molar-refractivity contribution in [3.63, 3.8) is 0 Å². The highest BCUT2D eigenvalue weighted by atomic mass is 35.5. The van der Waals surface area contributed by atoms with Gasteiger partial charge in [-0.3, -0.25) is 4.79 Å². The lowest BCUT2D eigenvalue weighted by Crippen LogP contribution is -2.44. The first-order valence-electron chi connectivity index (χ1n) is 14.1. The monoisotopic (exact) mass is 589 g/mol. The highest BCUT2D eigenvalue weighted by molar-refractivity contribution is 6.35. The number of carbonyl (C=O) groups excluding carboxylic acids is 1. The number of fused-ring (bicyclic) bond motifs is 1. The van der Waals surface area contributed by atoms with Crippen molar-refractivity contribution in [1.82, 2.24) is 10.4 Å². The second-order valence-corrected chi connectivity index (χ2v) is 11.0. The fourth-order valence-electron chi connectivity index (χ4n) is 5.77. The molecule has 4 unspecified atom stereocenters. The van der Waals surface area contributed by atoms with E-state index in [1.807, 2.05) is 38.1 Å².